The highest BCUT2D eigenvalue weighted by molar-refractivity contribution is 4.88. The zero-order valence-electron chi connectivity index (χ0n) is 13.6. The van der Waals surface area contributed by atoms with Gasteiger partial charge in [-0.1, -0.05) is 27.7 Å². The average Bonchev–Trinajstić information content (AvgIpc) is 2.38. The summed E-state index contributed by atoms with van der Waals surface area (Å²) in [6, 6.07) is 0. The van der Waals surface area contributed by atoms with Crippen LogP contribution in [0.25, 0.3) is 0 Å². The van der Waals surface area contributed by atoms with Crippen molar-refractivity contribution in [3.05, 3.63) is 0 Å². The zero-order valence-corrected chi connectivity index (χ0v) is 13.6. The molecule has 1 saturated carbocycles. The molecule has 2 heteroatoms. The number of hydrogen-bond donors (Lipinski definition) is 1. The lowest BCUT2D eigenvalue weighted by Crippen LogP contribution is -2.46. The van der Waals surface area contributed by atoms with Gasteiger partial charge in [-0.05, 0) is 63.3 Å². The molecule has 114 valence electrons. The first kappa shape index (κ1) is 17.0. The van der Waals surface area contributed by atoms with Gasteiger partial charge in [0.15, 0.2) is 0 Å². The molecule has 0 aliphatic heterocycles. The van der Waals surface area contributed by atoms with Crippen LogP contribution < -0.4 is 5.32 Å². The van der Waals surface area contributed by atoms with Crippen molar-refractivity contribution >= 4 is 0 Å². The Balaban J connectivity index is 2.35. The summed E-state index contributed by atoms with van der Waals surface area (Å²) >= 11 is 0. The topological polar surface area (TPSA) is 21.3 Å². The molecule has 0 aromatic rings. The Hall–Kier alpha value is -0.0800. The van der Waals surface area contributed by atoms with Gasteiger partial charge in [-0.25, -0.2) is 0 Å². The summed E-state index contributed by atoms with van der Waals surface area (Å²) in [5.74, 6) is 1.68. The van der Waals surface area contributed by atoms with Gasteiger partial charge in [0.2, 0.25) is 0 Å². The maximum atomic E-state index is 6.35. The maximum absolute atomic E-state index is 6.35. The molecule has 0 aromatic carbocycles. The predicted octanol–water partition coefficient (Wildman–Crippen LogP) is 4.39. The molecule has 1 fully saturated rings. The van der Waals surface area contributed by atoms with Gasteiger partial charge in [0.1, 0.15) is 0 Å². The van der Waals surface area contributed by atoms with E-state index in [1.807, 2.05) is 0 Å². The van der Waals surface area contributed by atoms with Gasteiger partial charge < -0.3 is 10.1 Å². The molecular formula is C17H35NO. The molecule has 1 rings (SSSR count). The molecule has 0 unspecified atom stereocenters. The molecule has 0 saturated heterocycles. The fraction of sp³-hybridized carbons (Fsp3) is 1.00. The van der Waals surface area contributed by atoms with Crippen molar-refractivity contribution in [3.8, 4) is 0 Å². The highest BCUT2D eigenvalue weighted by Gasteiger charge is 2.34. The van der Waals surface area contributed by atoms with Gasteiger partial charge >= 0.3 is 0 Å². The highest BCUT2D eigenvalue weighted by Crippen LogP contribution is 2.34. The van der Waals surface area contributed by atoms with Crippen LogP contribution in [0.3, 0.4) is 0 Å². The third kappa shape index (κ3) is 6.76. The van der Waals surface area contributed by atoms with Crippen LogP contribution in [0.5, 0.6) is 0 Å². The Morgan fingerprint density at radius 1 is 1.26 bits per heavy atom. The molecule has 0 aromatic heterocycles. The van der Waals surface area contributed by atoms with E-state index < -0.39 is 0 Å². The molecule has 0 bridgehead atoms. The monoisotopic (exact) mass is 269 g/mol. The van der Waals surface area contributed by atoms with Crippen molar-refractivity contribution in [3.63, 3.8) is 0 Å². The average molecular weight is 269 g/mol. The van der Waals surface area contributed by atoms with Crippen LogP contribution in [0.2, 0.25) is 0 Å². The van der Waals surface area contributed by atoms with Gasteiger partial charge in [-0.2, -0.15) is 0 Å². The van der Waals surface area contributed by atoms with Crippen molar-refractivity contribution in [1.82, 2.24) is 5.32 Å². The normalized spacial score (nSPS) is 27.9. The highest BCUT2D eigenvalue weighted by atomic mass is 16.5. The Labute approximate surface area is 120 Å². The van der Waals surface area contributed by atoms with Crippen molar-refractivity contribution in [2.45, 2.75) is 78.2 Å². The molecular weight excluding hydrogens is 234 g/mol. The number of rotatable bonds is 9. The molecule has 1 N–H and O–H groups in total. The number of hydrogen-bond acceptors (Lipinski definition) is 2. The third-order valence-electron chi connectivity index (χ3n) is 4.39. The molecule has 0 amide bonds. The molecule has 0 radical (unpaired) electrons. The van der Waals surface area contributed by atoms with Crippen molar-refractivity contribution in [2.24, 2.45) is 11.8 Å². The molecule has 2 nitrogen and oxygen atoms in total. The van der Waals surface area contributed by atoms with E-state index in [0.717, 1.165) is 31.5 Å². The quantitative estimate of drug-likeness (QED) is 0.627. The molecule has 1 aliphatic carbocycles. The first-order valence-electron chi connectivity index (χ1n) is 8.42. The van der Waals surface area contributed by atoms with Crippen LogP contribution in [0, 0.1) is 11.8 Å². The Bertz CT molecular complexity index is 219. The van der Waals surface area contributed by atoms with Crippen LogP contribution in [0.1, 0.15) is 72.6 Å². The predicted molar refractivity (Wildman–Crippen MR) is 83.5 cm³/mol. The summed E-state index contributed by atoms with van der Waals surface area (Å²) in [6.45, 7) is 12.3. The second kappa shape index (κ2) is 8.97. The van der Waals surface area contributed by atoms with Crippen LogP contribution in [-0.4, -0.2) is 25.3 Å². The molecule has 1 aliphatic rings. The first-order valence-corrected chi connectivity index (χ1v) is 8.42. The summed E-state index contributed by atoms with van der Waals surface area (Å²) in [6.07, 6.45) is 8.85. The van der Waals surface area contributed by atoms with Gasteiger partial charge in [0.05, 0.1) is 5.60 Å². The summed E-state index contributed by atoms with van der Waals surface area (Å²) in [5, 5.41) is 3.59. The lowest BCUT2D eigenvalue weighted by molar-refractivity contribution is -0.0766. The van der Waals surface area contributed by atoms with E-state index in [-0.39, 0.29) is 5.60 Å². The fourth-order valence-electron chi connectivity index (χ4n) is 2.93. The Morgan fingerprint density at radius 3 is 2.53 bits per heavy atom. The SMILES string of the molecule is CCCNCC1(OCCCC(C)C)CCC(C)CC1. The molecule has 0 atom stereocenters. The third-order valence-corrected chi connectivity index (χ3v) is 4.39. The largest absolute Gasteiger partial charge is 0.374 e. The van der Waals surface area contributed by atoms with E-state index >= 15 is 0 Å². The summed E-state index contributed by atoms with van der Waals surface area (Å²) in [7, 11) is 0. The van der Waals surface area contributed by atoms with Gasteiger partial charge in [0.25, 0.3) is 0 Å². The van der Waals surface area contributed by atoms with Crippen LogP contribution in [-0.2, 0) is 4.74 Å². The van der Waals surface area contributed by atoms with Gasteiger partial charge in [0, 0.05) is 13.2 Å². The first-order chi connectivity index (χ1) is 9.08. The van der Waals surface area contributed by atoms with Crippen molar-refractivity contribution in [2.75, 3.05) is 19.7 Å². The van der Waals surface area contributed by atoms with E-state index in [4.69, 9.17) is 4.74 Å². The fourth-order valence-corrected chi connectivity index (χ4v) is 2.93. The minimum atomic E-state index is 0.138. The second-order valence-electron chi connectivity index (χ2n) is 6.93. The minimum absolute atomic E-state index is 0.138. The van der Waals surface area contributed by atoms with E-state index in [1.54, 1.807) is 0 Å². The van der Waals surface area contributed by atoms with Crippen molar-refractivity contribution in [1.29, 1.82) is 0 Å². The van der Waals surface area contributed by atoms with Gasteiger partial charge in [-0.3, -0.25) is 0 Å². The summed E-state index contributed by atoms with van der Waals surface area (Å²) in [4.78, 5) is 0. The number of ether oxygens (including phenoxy) is 1. The number of nitrogens with one attached hydrogen (secondary N) is 1. The lowest BCUT2D eigenvalue weighted by atomic mass is 9.79. The zero-order chi connectivity index (χ0) is 14.1. The van der Waals surface area contributed by atoms with E-state index in [1.165, 1.54) is 44.9 Å². The van der Waals surface area contributed by atoms with Crippen LogP contribution in [0.15, 0.2) is 0 Å². The molecule has 0 heterocycles. The van der Waals surface area contributed by atoms with Crippen molar-refractivity contribution < 1.29 is 4.74 Å². The van der Waals surface area contributed by atoms with Gasteiger partial charge in [-0.15, -0.1) is 0 Å². The lowest BCUT2D eigenvalue weighted by Gasteiger charge is -2.39. The van der Waals surface area contributed by atoms with E-state index in [0.29, 0.717) is 0 Å². The Kier molecular flexibility index (Phi) is 8.01. The van der Waals surface area contributed by atoms with Crippen LogP contribution >= 0.6 is 0 Å². The second-order valence-corrected chi connectivity index (χ2v) is 6.93. The summed E-state index contributed by atoms with van der Waals surface area (Å²) in [5.41, 5.74) is 0.138. The minimum Gasteiger partial charge on any atom is -0.374 e. The maximum Gasteiger partial charge on any atom is 0.0806 e. The smallest absolute Gasteiger partial charge is 0.0806 e. The molecule has 0 spiro atoms. The van der Waals surface area contributed by atoms with Crippen LogP contribution in [0.4, 0.5) is 0 Å². The summed E-state index contributed by atoms with van der Waals surface area (Å²) < 4.78 is 6.35. The van der Waals surface area contributed by atoms with E-state index in [2.05, 4.69) is 33.0 Å². The van der Waals surface area contributed by atoms with E-state index in [9.17, 15) is 0 Å². The molecule has 19 heavy (non-hydrogen) atoms. The standard InChI is InChI=1S/C17H35NO/c1-5-12-18-14-17(10-8-16(4)9-11-17)19-13-6-7-15(2)3/h15-16,18H,5-14H2,1-4H3. The Morgan fingerprint density at radius 2 is 1.95 bits per heavy atom.